The number of sulfonamides is 1. The van der Waals surface area contributed by atoms with Crippen molar-refractivity contribution in [3.8, 4) is 0 Å². The van der Waals surface area contributed by atoms with Crippen LogP contribution >= 0.6 is 11.3 Å². The van der Waals surface area contributed by atoms with Gasteiger partial charge in [0.15, 0.2) is 11.6 Å². The largest absolute Gasteiger partial charge is 0.391 e. The van der Waals surface area contributed by atoms with Gasteiger partial charge in [0, 0.05) is 21.9 Å². The molecule has 0 saturated heterocycles. The Morgan fingerprint density at radius 2 is 1.90 bits per heavy atom. The highest BCUT2D eigenvalue weighted by Crippen LogP contribution is 2.28. The van der Waals surface area contributed by atoms with E-state index in [1.807, 2.05) is 0 Å². The van der Waals surface area contributed by atoms with Crippen molar-refractivity contribution in [1.82, 2.24) is 0 Å². The smallest absolute Gasteiger partial charge is 0.263 e. The van der Waals surface area contributed by atoms with E-state index in [1.165, 1.54) is 13.0 Å². The molecule has 1 heterocycles. The SMILES string of the molecule is Cc1sc(CO)cc1S(=O)(=O)Nc1cc(F)cc(F)c1F. The molecule has 4 nitrogen and oxygen atoms in total. The normalized spacial score (nSPS) is 11.7. The molecule has 0 saturated carbocycles. The highest BCUT2D eigenvalue weighted by atomic mass is 32.2. The van der Waals surface area contributed by atoms with Crippen LogP contribution in [0.25, 0.3) is 0 Å². The van der Waals surface area contributed by atoms with Crippen molar-refractivity contribution in [3.63, 3.8) is 0 Å². The van der Waals surface area contributed by atoms with Crippen LogP contribution in [-0.4, -0.2) is 13.5 Å². The van der Waals surface area contributed by atoms with Gasteiger partial charge in [-0.15, -0.1) is 11.3 Å². The van der Waals surface area contributed by atoms with Gasteiger partial charge in [-0.2, -0.15) is 0 Å². The number of benzene rings is 1. The number of thiophene rings is 1. The number of rotatable bonds is 4. The molecule has 2 aromatic rings. The number of aliphatic hydroxyl groups excluding tert-OH is 1. The van der Waals surface area contributed by atoms with Crippen molar-refractivity contribution in [1.29, 1.82) is 0 Å². The van der Waals surface area contributed by atoms with E-state index in [4.69, 9.17) is 5.11 Å². The summed E-state index contributed by atoms with van der Waals surface area (Å²) in [6.07, 6.45) is 0. The summed E-state index contributed by atoms with van der Waals surface area (Å²) >= 11 is 1.05. The van der Waals surface area contributed by atoms with Crippen molar-refractivity contribution in [2.75, 3.05) is 4.72 Å². The fourth-order valence-corrected chi connectivity index (χ4v) is 4.25. The van der Waals surface area contributed by atoms with Crippen molar-refractivity contribution in [2.24, 2.45) is 0 Å². The summed E-state index contributed by atoms with van der Waals surface area (Å²) in [6.45, 7) is 1.16. The molecule has 0 spiro atoms. The zero-order chi connectivity index (χ0) is 15.8. The maximum Gasteiger partial charge on any atom is 0.263 e. The molecule has 0 aliphatic rings. The highest BCUT2D eigenvalue weighted by Gasteiger charge is 2.22. The molecule has 114 valence electrons. The Hall–Kier alpha value is -1.58. The Morgan fingerprint density at radius 3 is 2.48 bits per heavy atom. The van der Waals surface area contributed by atoms with Crippen molar-refractivity contribution < 1.29 is 26.7 Å². The Labute approximate surface area is 122 Å². The fourth-order valence-electron chi connectivity index (χ4n) is 1.70. The minimum Gasteiger partial charge on any atom is -0.391 e. The molecule has 21 heavy (non-hydrogen) atoms. The first-order valence-corrected chi connectivity index (χ1v) is 7.92. The van der Waals surface area contributed by atoms with E-state index in [0.29, 0.717) is 21.9 Å². The minimum atomic E-state index is -4.21. The lowest BCUT2D eigenvalue weighted by atomic mass is 10.3. The molecule has 0 bridgehead atoms. The summed E-state index contributed by atoms with van der Waals surface area (Å²) in [5.41, 5.74) is -0.816. The lowest BCUT2D eigenvalue weighted by molar-refractivity contribution is 0.285. The Bertz CT molecular complexity index is 787. The number of halogens is 3. The molecule has 0 unspecified atom stereocenters. The van der Waals surface area contributed by atoms with E-state index in [2.05, 4.69) is 0 Å². The maximum absolute atomic E-state index is 13.5. The first kappa shape index (κ1) is 15.8. The molecular formula is C12H10F3NO3S2. The van der Waals surface area contributed by atoms with Gasteiger partial charge in [-0.1, -0.05) is 0 Å². The van der Waals surface area contributed by atoms with Gasteiger partial charge < -0.3 is 5.11 Å². The van der Waals surface area contributed by atoms with E-state index >= 15 is 0 Å². The second-order valence-corrected chi connectivity index (χ2v) is 7.14. The van der Waals surface area contributed by atoms with E-state index in [0.717, 1.165) is 11.3 Å². The Kier molecular flexibility index (Phi) is 4.26. The second kappa shape index (κ2) is 5.66. The quantitative estimate of drug-likeness (QED) is 0.843. The highest BCUT2D eigenvalue weighted by molar-refractivity contribution is 7.93. The summed E-state index contributed by atoms with van der Waals surface area (Å²) in [5.74, 6) is -4.09. The third kappa shape index (κ3) is 3.20. The molecule has 0 radical (unpaired) electrons. The van der Waals surface area contributed by atoms with Gasteiger partial charge in [-0.25, -0.2) is 21.6 Å². The van der Waals surface area contributed by atoms with E-state index < -0.39 is 33.2 Å². The zero-order valence-corrected chi connectivity index (χ0v) is 12.3. The third-order valence-electron chi connectivity index (χ3n) is 2.61. The lowest BCUT2D eigenvalue weighted by Gasteiger charge is -2.09. The maximum atomic E-state index is 13.5. The molecule has 2 rings (SSSR count). The Morgan fingerprint density at radius 1 is 1.24 bits per heavy atom. The van der Waals surface area contributed by atoms with Gasteiger partial charge in [0.1, 0.15) is 10.7 Å². The standard InChI is InChI=1S/C12H10F3NO3S2/c1-6-11(4-8(5-17)20-6)21(18,19)16-10-3-7(13)2-9(14)12(10)15/h2-4,16-17H,5H2,1H3. The van der Waals surface area contributed by atoms with Gasteiger partial charge in [0.2, 0.25) is 0 Å². The number of aryl methyl sites for hydroxylation is 1. The summed E-state index contributed by atoms with van der Waals surface area (Å²) in [6, 6.07) is 2.08. The van der Waals surface area contributed by atoms with Gasteiger partial charge in [0.05, 0.1) is 12.3 Å². The van der Waals surface area contributed by atoms with Crippen LogP contribution in [0.15, 0.2) is 23.1 Å². The van der Waals surface area contributed by atoms with Gasteiger partial charge in [-0.3, -0.25) is 4.72 Å². The predicted octanol–water partition coefficient (Wildman–Crippen LogP) is 2.77. The van der Waals surface area contributed by atoms with Crippen LogP contribution in [0, 0.1) is 24.4 Å². The second-order valence-electron chi connectivity index (χ2n) is 4.15. The van der Waals surface area contributed by atoms with Gasteiger partial charge in [-0.05, 0) is 13.0 Å². The first-order valence-electron chi connectivity index (χ1n) is 5.62. The molecule has 9 heteroatoms. The van der Waals surface area contributed by atoms with Crippen LogP contribution in [0.1, 0.15) is 9.75 Å². The number of hydrogen-bond donors (Lipinski definition) is 2. The number of anilines is 1. The first-order chi connectivity index (χ1) is 9.74. The van der Waals surface area contributed by atoms with Crippen LogP contribution < -0.4 is 4.72 Å². The Balaban J connectivity index is 2.44. The molecular weight excluding hydrogens is 327 g/mol. The van der Waals surface area contributed by atoms with Crippen LogP contribution in [0.5, 0.6) is 0 Å². The summed E-state index contributed by atoms with van der Waals surface area (Å²) < 4.78 is 65.7. The molecule has 0 fully saturated rings. The predicted molar refractivity (Wildman–Crippen MR) is 72.1 cm³/mol. The molecule has 0 atom stereocenters. The van der Waals surface area contributed by atoms with Crippen molar-refractivity contribution in [2.45, 2.75) is 18.4 Å². The molecule has 1 aromatic carbocycles. The minimum absolute atomic E-state index is 0.180. The molecule has 0 aliphatic heterocycles. The zero-order valence-electron chi connectivity index (χ0n) is 10.7. The number of hydrogen-bond acceptors (Lipinski definition) is 4. The molecule has 2 N–H and O–H groups in total. The van der Waals surface area contributed by atoms with E-state index in [1.54, 1.807) is 4.72 Å². The number of nitrogens with one attached hydrogen (secondary N) is 1. The van der Waals surface area contributed by atoms with Crippen LogP contribution in [-0.2, 0) is 16.6 Å². The van der Waals surface area contributed by atoms with Crippen LogP contribution in [0.4, 0.5) is 18.9 Å². The average Bonchev–Trinajstić information content (AvgIpc) is 2.77. The molecule has 0 aliphatic carbocycles. The third-order valence-corrected chi connectivity index (χ3v) is 5.26. The lowest BCUT2D eigenvalue weighted by Crippen LogP contribution is -2.15. The summed E-state index contributed by atoms with van der Waals surface area (Å²) in [7, 11) is -4.21. The van der Waals surface area contributed by atoms with E-state index in [-0.39, 0.29) is 11.5 Å². The fraction of sp³-hybridized carbons (Fsp3) is 0.167. The van der Waals surface area contributed by atoms with E-state index in [9.17, 15) is 21.6 Å². The monoisotopic (exact) mass is 337 g/mol. The summed E-state index contributed by atoms with van der Waals surface area (Å²) in [5, 5.41) is 8.98. The van der Waals surface area contributed by atoms with Crippen LogP contribution in [0.2, 0.25) is 0 Å². The van der Waals surface area contributed by atoms with Gasteiger partial charge >= 0.3 is 0 Å². The topological polar surface area (TPSA) is 66.4 Å². The number of aliphatic hydroxyl groups is 1. The van der Waals surface area contributed by atoms with Crippen molar-refractivity contribution in [3.05, 3.63) is 45.4 Å². The molecule has 1 aromatic heterocycles. The van der Waals surface area contributed by atoms with Crippen LogP contribution in [0.3, 0.4) is 0 Å². The summed E-state index contributed by atoms with van der Waals surface area (Å²) in [4.78, 5) is 0.586. The van der Waals surface area contributed by atoms with Gasteiger partial charge in [0.25, 0.3) is 10.0 Å². The molecule has 0 amide bonds. The van der Waals surface area contributed by atoms with Crippen molar-refractivity contribution >= 4 is 27.0 Å². The average molecular weight is 337 g/mol.